The van der Waals surface area contributed by atoms with Crippen LogP contribution in [0.4, 0.5) is 5.69 Å². The first-order valence-electron chi connectivity index (χ1n) is 5.55. The van der Waals surface area contributed by atoms with Gasteiger partial charge in [0, 0.05) is 11.3 Å². The molecule has 0 aliphatic heterocycles. The number of anilines is 1. The first-order chi connectivity index (χ1) is 10.0. The van der Waals surface area contributed by atoms with Crippen LogP contribution in [-0.2, 0) is 10.0 Å². The minimum Gasteiger partial charge on any atom is -0.423 e. The molecule has 10 heteroatoms. The number of benzene rings is 1. The van der Waals surface area contributed by atoms with Gasteiger partial charge in [-0.3, -0.25) is 4.72 Å². The van der Waals surface area contributed by atoms with Crippen LogP contribution < -0.4 is 4.72 Å². The van der Waals surface area contributed by atoms with Gasteiger partial charge in [0.2, 0.25) is 12.3 Å². The highest BCUT2D eigenvalue weighted by atomic mass is 35.5. The molecule has 3 rings (SSSR count). The number of thiazole rings is 1. The molecule has 0 atom stereocenters. The van der Waals surface area contributed by atoms with Crippen molar-refractivity contribution in [1.29, 1.82) is 0 Å². The lowest BCUT2D eigenvalue weighted by atomic mass is 10.2. The van der Waals surface area contributed by atoms with Crippen LogP contribution in [0, 0.1) is 0 Å². The molecule has 0 aliphatic rings. The Morgan fingerprint density at radius 1 is 1.33 bits per heavy atom. The Bertz CT molecular complexity index is 861. The fourth-order valence-corrected chi connectivity index (χ4v) is 3.93. The van der Waals surface area contributed by atoms with Crippen molar-refractivity contribution in [3.63, 3.8) is 0 Å². The second-order valence-electron chi connectivity index (χ2n) is 3.86. The Morgan fingerprint density at radius 2 is 2.19 bits per heavy atom. The standard InChI is InChI=1S/C11H7ClN4O3S2/c12-11-13-5-9(20-11)21(17,18)16-8-3-1-2-7(4-8)10-15-14-6-19-10/h1-6,16H. The molecule has 0 amide bonds. The van der Waals surface area contributed by atoms with E-state index in [4.69, 9.17) is 16.0 Å². The van der Waals surface area contributed by atoms with E-state index in [0.717, 1.165) is 11.3 Å². The summed E-state index contributed by atoms with van der Waals surface area (Å²) in [5.41, 5.74) is 0.977. The van der Waals surface area contributed by atoms with Crippen molar-refractivity contribution in [3.05, 3.63) is 41.3 Å². The number of aromatic nitrogens is 3. The van der Waals surface area contributed by atoms with Crippen LogP contribution in [0.25, 0.3) is 11.5 Å². The summed E-state index contributed by atoms with van der Waals surface area (Å²) in [6.45, 7) is 0. The minimum atomic E-state index is -3.72. The summed E-state index contributed by atoms with van der Waals surface area (Å²) in [6, 6.07) is 6.61. The molecule has 7 nitrogen and oxygen atoms in total. The maximum Gasteiger partial charge on any atom is 0.273 e. The Kier molecular flexibility index (Phi) is 3.62. The van der Waals surface area contributed by atoms with E-state index in [1.807, 2.05) is 0 Å². The van der Waals surface area contributed by atoms with Crippen LogP contribution in [0.3, 0.4) is 0 Å². The van der Waals surface area contributed by atoms with Crippen molar-refractivity contribution in [1.82, 2.24) is 15.2 Å². The highest BCUT2D eigenvalue weighted by Gasteiger charge is 2.18. The molecule has 0 unspecified atom stereocenters. The molecule has 0 saturated carbocycles. The van der Waals surface area contributed by atoms with E-state index in [0.29, 0.717) is 17.1 Å². The molecule has 0 spiro atoms. The van der Waals surface area contributed by atoms with Crippen LogP contribution in [-0.4, -0.2) is 23.6 Å². The van der Waals surface area contributed by atoms with E-state index < -0.39 is 10.0 Å². The van der Waals surface area contributed by atoms with E-state index in [2.05, 4.69) is 19.9 Å². The van der Waals surface area contributed by atoms with Gasteiger partial charge in [0.25, 0.3) is 10.0 Å². The van der Waals surface area contributed by atoms with Gasteiger partial charge in [0.1, 0.15) is 0 Å². The van der Waals surface area contributed by atoms with Crippen LogP contribution in [0.2, 0.25) is 4.47 Å². The quantitative estimate of drug-likeness (QED) is 0.782. The lowest BCUT2D eigenvalue weighted by Gasteiger charge is -2.06. The van der Waals surface area contributed by atoms with Crippen LogP contribution in [0.1, 0.15) is 0 Å². The third-order valence-electron chi connectivity index (χ3n) is 2.44. The number of nitrogens with zero attached hydrogens (tertiary/aromatic N) is 3. The number of hydrogen-bond acceptors (Lipinski definition) is 7. The van der Waals surface area contributed by atoms with E-state index in [-0.39, 0.29) is 8.68 Å². The molecule has 0 radical (unpaired) electrons. The lowest BCUT2D eigenvalue weighted by molar-refractivity contribution is 0.568. The maximum absolute atomic E-state index is 12.2. The third-order valence-corrected chi connectivity index (χ3v) is 5.40. The number of sulfonamides is 1. The van der Waals surface area contributed by atoms with Gasteiger partial charge in [-0.2, -0.15) is 0 Å². The van der Waals surface area contributed by atoms with E-state index in [1.54, 1.807) is 24.3 Å². The summed E-state index contributed by atoms with van der Waals surface area (Å²) in [4.78, 5) is 3.71. The van der Waals surface area contributed by atoms with Crippen molar-refractivity contribution in [2.75, 3.05) is 4.72 Å². The zero-order valence-electron chi connectivity index (χ0n) is 10.2. The molecular formula is C11H7ClN4O3S2. The average molecular weight is 343 g/mol. The zero-order chi connectivity index (χ0) is 14.9. The van der Waals surface area contributed by atoms with Crippen molar-refractivity contribution >= 4 is 38.6 Å². The van der Waals surface area contributed by atoms with Gasteiger partial charge < -0.3 is 4.42 Å². The predicted molar refractivity (Wildman–Crippen MR) is 77.7 cm³/mol. The summed E-state index contributed by atoms with van der Waals surface area (Å²) in [5.74, 6) is 0.303. The van der Waals surface area contributed by atoms with Crippen LogP contribution in [0.5, 0.6) is 0 Å². The van der Waals surface area contributed by atoms with Crippen molar-refractivity contribution in [2.24, 2.45) is 0 Å². The molecule has 2 aromatic heterocycles. The van der Waals surface area contributed by atoms with Crippen molar-refractivity contribution in [3.8, 4) is 11.5 Å². The Labute approximate surface area is 128 Å². The summed E-state index contributed by atoms with van der Waals surface area (Å²) in [6.07, 6.45) is 2.41. The molecule has 0 aliphatic carbocycles. The Morgan fingerprint density at radius 3 is 2.86 bits per heavy atom. The highest BCUT2D eigenvalue weighted by molar-refractivity contribution is 7.94. The van der Waals surface area contributed by atoms with E-state index in [9.17, 15) is 8.42 Å². The molecule has 1 N–H and O–H groups in total. The van der Waals surface area contributed by atoms with Crippen molar-refractivity contribution in [2.45, 2.75) is 4.21 Å². The molecule has 21 heavy (non-hydrogen) atoms. The summed E-state index contributed by atoms with van der Waals surface area (Å²) >= 11 is 6.53. The fourth-order valence-electron chi connectivity index (χ4n) is 1.58. The SMILES string of the molecule is O=S(=O)(Nc1cccc(-c2nnco2)c1)c1cnc(Cl)s1. The first kappa shape index (κ1) is 14.0. The third kappa shape index (κ3) is 3.04. The molecule has 0 fully saturated rings. The molecule has 108 valence electrons. The monoisotopic (exact) mass is 342 g/mol. The topological polar surface area (TPSA) is 98.0 Å². The largest absolute Gasteiger partial charge is 0.423 e. The first-order valence-corrected chi connectivity index (χ1v) is 8.23. The molecule has 3 aromatic rings. The van der Waals surface area contributed by atoms with Gasteiger partial charge in [-0.15, -0.1) is 10.2 Å². The minimum absolute atomic E-state index is 0.0377. The number of rotatable bonds is 4. The van der Waals surface area contributed by atoms with Gasteiger partial charge in [0.05, 0.1) is 6.20 Å². The smallest absolute Gasteiger partial charge is 0.273 e. The molecule has 0 bridgehead atoms. The number of nitrogens with one attached hydrogen (secondary N) is 1. The van der Waals surface area contributed by atoms with Crippen LogP contribution in [0.15, 0.2) is 45.5 Å². The normalized spacial score (nSPS) is 11.5. The summed E-state index contributed by atoms with van der Waals surface area (Å²) in [5, 5.41) is 7.34. The summed E-state index contributed by atoms with van der Waals surface area (Å²) < 4.78 is 32.0. The van der Waals surface area contributed by atoms with Crippen molar-refractivity contribution < 1.29 is 12.8 Å². The average Bonchev–Trinajstić information content (AvgIpc) is 3.09. The lowest BCUT2D eigenvalue weighted by Crippen LogP contribution is -2.11. The zero-order valence-corrected chi connectivity index (χ0v) is 12.6. The van der Waals surface area contributed by atoms with Gasteiger partial charge in [-0.05, 0) is 18.2 Å². The molecular weight excluding hydrogens is 336 g/mol. The van der Waals surface area contributed by atoms with Gasteiger partial charge >= 0.3 is 0 Å². The van der Waals surface area contributed by atoms with E-state index in [1.165, 1.54) is 12.6 Å². The number of hydrogen-bond donors (Lipinski definition) is 1. The molecule has 0 saturated heterocycles. The maximum atomic E-state index is 12.2. The Balaban J connectivity index is 1.90. The Hall–Kier alpha value is -1.97. The molecule has 2 heterocycles. The second-order valence-corrected chi connectivity index (χ2v) is 7.38. The van der Waals surface area contributed by atoms with Gasteiger partial charge in [-0.25, -0.2) is 13.4 Å². The predicted octanol–water partition coefficient (Wildman–Crippen LogP) is 2.65. The van der Waals surface area contributed by atoms with Gasteiger partial charge in [-0.1, -0.05) is 29.0 Å². The second kappa shape index (κ2) is 5.43. The van der Waals surface area contributed by atoms with E-state index >= 15 is 0 Å². The summed E-state index contributed by atoms with van der Waals surface area (Å²) in [7, 11) is -3.72. The highest BCUT2D eigenvalue weighted by Crippen LogP contribution is 2.26. The van der Waals surface area contributed by atoms with Crippen LogP contribution >= 0.6 is 22.9 Å². The molecule has 1 aromatic carbocycles. The fraction of sp³-hybridized carbons (Fsp3) is 0. The van der Waals surface area contributed by atoms with Gasteiger partial charge in [0.15, 0.2) is 8.68 Å². The number of halogens is 1.